The summed E-state index contributed by atoms with van der Waals surface area (Å²) in [5.41, 5.74) is 0. The monoisotopic (exact) mass is 444 g/mol. The standard InChI is InChI=1S/2C4H9.2C3H6O2S.Sn/c2*1-3-4-2;2*4-3(5)1-2-6;/h2*3H,4H2,1-2H3;2*6H,1-2H2,(H,4,5);/q;;;;+2/p-2. The van der Waals surface area contributed by atoms with Gasteiger partial charge in [0.25, 0.3) is 0 Å². The number of hydrogen-bond donors (Lipinski definition) is 2. The Hall–Kier alpha value is 0.439. The van der Waals surface area contributed by atoms with Crippen LogP contribution in [0, 0.1) is 12.8 Å². The Morgan fingerprint density at radius 3 is 1.48 bits per heavy atom. The van der Waals surface area contributed by atoms with Gasteiger partial charge in [0.2, 0.25) is 0 Å². The van der Waals surface area contributed by atoms with Crippen LogP contribution in [0.4, 0.5) is 0 Å². The molecule has 0 fully saturated rings. The van der Waals surface area contributed by atoms with Crippen LogP contribution in [0.25, 0.3) is 0 Å². The molecule has 0 bridgehead atoms. The largest absolute Gasteiger partial charge is 2.00 e. The van der Waals surface area contributed by atoms with E-state index in [-0.39, 0.29) is 42.5 Å². The van der Waals surface area contributed by atoms with Crippen molar-refractivity contribution in [3.05, 3.63) is 12.8 Å². The first-order valence-corrected chi connectivity index (χ1v) is 7.74. The van der Waals surface area contributed by atoms with Crippen molar-refractivity contribution in [1.82, 2.24) is 0 Å². The smallest absolute Gasteiger partial charge is 0.792 e. The predicted octanol–water partition coefficient (Wildman–Crippen LogP) is 1.92. The van der Waals surface area contributed by atoms with E-state index in [2.05, 4.69) is 65.8 Å². The molecule has 0 aromatic heterocycles. The van der Waals surface area contributed by atoms with Gasteiger partial charge in [-0.25, -0.2) is 0 Å². The number of carboxylic acid groups (broad SMARTS) is 2. The Bertz CT molecular complexity index is 170. The fourth-order valence-corrected chi connectivity index (χ4v) is 0.537. The molecule has 4 radical (unpaired) electrons. The molecule has 0 atom stereocenters. The van der Waals surface area contributed by atoms with Crippen molar-refractivity contribution in [3.63, 3.8) is 0 Å². The third-order valence-corrected chi connectivity index (χ3v) is 1.88. The van der Waals surface area contributed by atoms with E-state index in [1.54, 1.807) is 0 Å². The number of carboxylic acids is 2. The maximum Gasteiger partial charge on any atom is 2.00 e. The van der Waals surface area contributed by atoms with Crippen LogP contribution in [-0.2, 0) is 22.2 Å². The van der Waals surface area contributed by atoms with E-state index in [1.807, 2.05) is 0 Å². The summed E-state index contributed by atoms with van der Waals surface area (Å²) in [4.78, 5) is 19.0. The summed E-state index contributed by atoms with van der Waals surface area (Å²) >= 11 is 7.99. The molecule has 0 rings (SSSR count). The third-order valence-electron chi connectivity index (χ3n) is 1.45. The van der Waals surface area contributed by atoms with Crippen LogP contribution in [-0.4, -0.2) is 52.5 Å². The predicted molar refractivity (Wildman–Crippen MR) is 94.2 cm³/mol. The van der Waals surface area contributed by atoms with Gasteiger partial charge in [-0.3, -0.25) is 4.79 Å². The first-order chi connectivity index (χ1) is 9.37. The SMILES string of the molecule is C[CH]CC.C[CH]CC.O=C(O)CCS.O=C([O-])CC[S-].[Sn+2]. The zero-order valence-corrected chi connectivity index (χ0v) is 18.0. The molecule has 0 aromatic carbocycles. The van der Waals surface area contributed by atoms with Crippen molar-refractivity contribution in [3.8, 4) is 0 Å². The van der Waals surface area contributed by atoms with Crippen LogP contribution in [0.1, 0.15) is 53.4 Å². The maximum atomic E-state index is 9.55. The van der Waals surface area contributed by atoms with E-state index >= 15 is 0 Å². The topological polar surface area (TPSA) is 77.4 Å². The zero-order chi connectivity index (χ0) is 16.8. The van der Waals surface area contributed by atoms with Gasteiger partial charge in [0.1, 0.15) is 0 Å². The molecule has 0 aliphatic rings. The summed E-state index contributed by atoms with van der Waals surface area (Å²) < 4.78 is 0. The van der Waals surface area contributed by atoms with Crippen LogP contribution in [0.15, 0.2) is 0 Å². The Morgan fingerprint density at radius 2 is 1.48 bits per heavy atom. The van der Waals surface area contributed by atoms with Crippen molar-refractivity contribution in [2.75, 3.05) is 11.5 Å². The average Bonchev–Trinajstić information content (AvgIpc) is 2.39. The van der Waals surface area contributed by atoms with Gasteiger partial charge in [-0.15, -0.1) is 0 Å². The Kier molecular flexibility index (Phi) is 58.5. The van der Waals surface area contributed by atoms with Gasteiger partial charge in [0, 0.05) is 11.7 Å². The molecule has 4 nitrogen and oxygen atoms in total. The van der Waals surface area contributed by atoms with E-state index in [4.69, 9.17) is 5.11 Å². The second kappa shape index (κ2) is 37.0. The molecule has 0 saturated carbocycles. The number of rotatable bonds is 6. The van der Waals surface area contributed by atoms with Gasteiger partial charge < -0.3 is 27.6 Å². The molecule has 7 heteroatoms. The molecule has 0 amide bonds. The van der Waals surface area contributed by atoms with Gasteiger partial charge in [0.05, 0.1) is 6.42 Å². The minimum absolute atomic E-state index is 0. The summed E-state index contributed by atoms with van der Waals surface area (Å²) in [7, 11) is 0. The Morgan fingerprint density at radius 1 is 1.14 bits per heavy atom. The molecule has 0 saturated heterocycles. The van der Waals surface area contributed by atoms with Crippen molar-refractivity contribution < 1.29 is 19.8 Å². The van der Waals surface area contributed by atoms with Crippen LogP contribution < -0.4 is 5.11 Å². The second-order valence-electron chi connectivity index (χ2n) is 3.33. The number of carbonyl (C=O) groups is 2. The van der Waals surface area contributed by atoms with E-state index in [1.165, 1.54) is 12.8 Å². The van der Waals surface area contributed by atoms with Crippen molar-refractivity contribution in [1.29, 1.82) is 0 Å². The van der Waals surface area contributed by atoms with Gasteiger partial charge >= 0.3 is 29.9 Å². The number of thiol groups is 1. The Balaban J connectivity index is -0.0000000544. The maximum absolute atomic E-state index is 9.55. The van der Waals surface area contributed by atoms with Crippen LogP contribution >= 0.6 is 12.6 Å². The summed E-state index contributed by atoms with van der Waals surface area (Å²) in [6.07, 6.45) is 6.79. The molecule has 1 N–H and O–H groups in total. The van der Waals surface area contributed by atoms with E-state index in [0.717, 1.165) is 0 Å². The van der Waals surface area contributed by atoms with Crippen LogP contribution in [0.5, 0.6) is 0 Å². The van der Waals surface area contributed by atoms with Gasteiger partial charge in [0.15, 0.2) is 0 Å². The zero-order valence-electron chi connectivity index (χ0n) is 13.4. The molecule has 0 heterocycles. The molecule has 0 aliphatic carbocycles. The van der Waals surface area contributed by atoms with Crippen molar-refractivity contribution in [2.24, 2.45) is 0 Å². The molecule has 0 aromatic rings. The van der Waals surface area contributed by atoms with Crippen LogP contribution in [0.2, 0.25) is 0 Å². The van der Waals surface area contributed by atoms with E-state index in [0.29, 0.717) is 5.75 Å². The summed E-state index contributed by atoms with van der Waals surface area (Å²) in [5.74, 6) is -1.17. The number of unbranched alkanes of at least 4 members (excludes halogenated alkanes) is 2. The first kappa shape index (κ1) is 33.1. The number of carbonyl (C=O) groups excluding carboxylic acids is 1. The normalized spacial score (nSPS) is 7.52. The molecule has 21 heavy (non-hydrogen) atoms. The minimum Gasteiger partial charge on any atom is -0.792 e. The molecular weight excluding hydrogens is 415 g/mol. The Labute approximate surface area is 158 Å². The fraction of sp³-hybridized carbons (Fsp3) is 0.714. The van der Waals surface area contributed by atoms with E-state index in [9.17, 15) is 14.7 Å². The van der Waals surface area contributed by atoms with Gasteiger partial charge in [-0.05, 0) is 19.3 Å². The van der Waals surface area contributed by atoms with Crippen LogP contribution in [0.3, 0.4) is 0 Å². The first-order valence-electron chi connectivity index (χ1n) is 6.53. The van der Waals surface area contributed by atoms with E-state index < -0.39 is 11.9 Å². The third kappa shape index (κ3) is 97.6. The fourth-order valence-electron chi connectivity index (χ4n) is 0.179. The summed E-state index contributed by atoms with van der Waals surface area (Å²) in [5, 5.41) is 17.3. The summed E-state index contributed by atoms with van der Waals surface area (Å²) in [6, 6.07) is 0. The molecule has 124 valence electrons. The molecule has 0 unspecified atom stereocenters. The molecule has 0 aliphatic heterocycles. The molecular formula is C14H28O4S2Sn. The van der Waals surface area contributed by atoms with Crippen molar-refractivity contribution >= 4 is 61.1 Å². The number of aliphatic carboxylic acids is 2. The second-order valence-corrected chi connectivity index (χ2v) is 4.18. The summed E-state index contributed by atoms with van der Waals surface area (Å²) in [6.45, 7) is 8.36. The van der Waals surface area contributed by atoms with Gasteiger partial charge in [-0.1, -0.05) is 40.5 Å². The average molecular weight is 443 g/mol. The van der Waals surface area contributed by atoms with Crippen molar-refractivity contribution in [2.45, 2.75) is 53.4 Å². The quantitative estimate of drug-likeness (QED) is 0.373. The minimum atomic E-state index is -1.06. The molecule has 0 spiro atoms. The number of hydrogen-bond acceptors (Lipinski definition) is 5. The van der Waals surface area contributed by atoms with Gasteiger partial charge in [-0.2, -0.15) is 18.4 Å².